The first-order chi connectivity index (χ1) is 18.3. The zero-order valence-corrected chi connectivity index (χ0v) is 22.3. The molecule has 4 unspecified atom stereocenters. The highest BCUT2D eigenvalue weighted by Gasteiger charge is 2.32. The number of hydrogen-bond acceptors (Lipinski definition) is 7. The molecule has 0 aliphatic heterocycles. The number of amides is 4. The number of guanidine groups is 1. The van der Waals surface area contributed by atoms with E-state index in [4.69, 9.17) is 22.9 Å². The molecule has 1 aromatic carbocycles. The lowest BCUT2D eigenvalue weighted by Crippen LogP contribution is -2.58. The minimum atomic E-state index is -1.24. The second-order valence-electron chi connectivity index (χ2n) is 9.44. The number of carbonyl (C=O) groups excluding carboxylic acids is 4. The zero-order chi connectivity index (χ0) is 29.5. The Bertz CT molecular complexity index is 1010. The van der Waals surface area contributed by atoms with Crippen LogP contribution in [0.25, 0.3) is 0 Å². The van der Waals surface area contributed by atoms with Crippen LogP contribution in [-0.4, -0.2) is 71.4 Å². The number of nitrogens with one attached hydrogen (secondary N) is 3. The molecular formula is C25H40N8O6. The Morgan fingerprint density at radius 1 is 0.872 bits per heavy atom. The van der Waals surface area contributed by atoms with Crippen LogP contribution in [0.5, 0.6) is 0 Å². The van der Waals surface area contributed by atoms with Gasteiger partial charge in [-0.25, -0.2) is 4.79 Å². The van der Waals surface area contributed by atoms with Crippen molar-refractivity contribution >= 4 is 35.6 Å². The lowest BCUT2D eigenvalue weighted by molar-refractivity contribution is -0.142. The van der Waals surface area contributed by atoms with Crippen LogP contribution in [0.2, 0.25) is 0 Å². The highest BCUT2D eigenvalue weighted by atomic mass is 16.4. The largest absolute Gasteiger partial charge is 0.480 e. The minimum Gasteiger partial charge on any atom is -0.480 e. The third-order valence-electron chi connectivity index (χ3n) is 5.76. The van der Waals surface area contributed by atoms with Crippen molar-refractivity contribution in [2.45, 2.75) is 70.1 Å². The van der Waals surface area contributed by atoms with Gasteiger partial charge in [-0.1, -0.05) is 44.2 Å². The van der Waals surface area contributed by atoms with Crippen molar-refractivity contribution in [2.75, 3.05) is 6.54 Å². The molecule has 14 nitrogen and oxygen atoms in total. The van der Waals surface area contributed by atoms with Gasteiger partial charge in [0.25, 0.3) is 0 Å². The van der Waals surface area contributed by atoms with Gasteiger partial charge in [0, 0.05) is 19.4 Å². The average Bonchev–Trinajstić information content (AvgIpc) is 2.86. The fraction of sp³-hybridized carbons (Fsp3) is 0.520. The zero-order valence-electron chi connectivity index (χ0n) is 22.3. The highest BCUT2D eigenvalue weighted by molar-refractivity contribution is 5.94. The Morgan fingerprint density at radius 2 is 1.49 bits per heavy atom. The smallest absolute Gasteiger partial charge is 0.326 e. The van der Waals surface area contributed by atoms with Crippen LogP contribution < -0.4 is 38.9 Å². The molecule has 0 aromatic heterocycles. The van der Waals surface area contributed by atoms with E-state index in [1.54, 1.807) is 44.2 Å². The van der Waals surface area contributed by atoms with Crippen molar-refractivity contribution in [3.05, 3.63) is 35.9 Å². The number of carboxylic acids is 1. The van der Waals surface area contributed by atoms with E-state index in [2.05, 4.69) is 20.9 Å². The molecule has 216 valence electrons. The Kier molecular flexibility index (Phi) is 14.0. The number of hydrogen-bond donors (Lipinski definition) is 8. The molecule has 0 spiro atoms. The van der Waals surface area contributed by atoms with Crippen molar-refractivity contribution in [1.29, 1.82) is 0 Å². The number of carbonyl (C=O) groups is 5. The van der Waals surface area contributed by atoms with Gasteiger partial charge in [-0.3, -0.25) is 24.2 Å². The molecule has 0 radical (unpaired) electrons. The molecule has 12 N–H and O–H groups in total. The SMILES string of the molecule is CC(C)C(NC(=O)C(CCC(N)=O)NC(=O)C(N)CCCN=C(N)N)C(=O)NC(Cc1ccccc1)C(=O)O. The Hall–Kier alpha value is -4.20. The van der Waals surface area contributed by atoms with Gasteiger partial charge in [0.2, 0.25) is 23.6 Å². The van der Waals surface area contributed by atoms with Crippen LogP contribution in [0.4, 0.5) is 0 Å². The van der Waals surface area contributed by atoms with Crippen molar-refractivity contribution in [3.8, 4) is 0 Å². The number of aliphatic imine (C=N–C) groups is 1. The molecule has 4 atom stereocenters. The van der Waals surface area contributed by atoms with E-state index in [9.17, 15) is 29.1 Å². The van der Waals surface area contributed by atoms with Crippen molar-refractivity contribution < 1.29 is 29.1 Å². The van der Waals surface area contributed by atoms with Crippen molar-refractivity contribution in [3.63, 3.8) is 0 Å². The number of primary amides is 1. The molecule has 0 aliphatic rings. The quantitative estimate of drug-likeness (QED) is 0.0611. The van der Waals surface area contributed by atoms with Gasteiger partial charge in [-0.15, -0.1) is 0 Å². The fourth-order valence-corrected chi connectivity index (χ4v) is 3.58. The van der Waals surface area contributed by atoms with E-state index in [1.165, 1.54) is 0 Å². The highest BCUT2D eigenvalue weighted by Crippen LogP contribution is 2.08. The topological polar surface area (TPSA) is 258 Å². The summed E-state index contributed by atoms with van der Waals surface area (Å²) in [5, 5.41) is 17.2. The number of carboxylic acid groups (broad SMARTS) is 1. The predicted octanol–water partition coefficient (Wildman–Crippen LogP) is -1.93. The molecule has 1 rings (SSSR count). The lowest BCUT2D eigenvalue weighted by atomic mass is 10.00. The standard InChI is InChI=1S/C25H40N8O6/c1-14(2)20(23(37)32-18(24(38)39)13-15-7-4-3-5-8-15)33-22(36)17(10-11-19(27)34)31-21(35)16(26)9-6-12-30-25(28)29/h3-5,7-8,14,16-18,20H,6,9-13,26H2,1-2H3,(H2,27,34)(H,31,35)(H,32,37)(H,33,36)(H,38,39)(H4,28,29,30). The number of rotatable bonds is 17. The third kappa shape index (κ3) is 12.7. The van der Waals surface area contributed by atoms with Crippen LogP contribution in [0.1, 0.15) is 45.1 Å². The number of aliphatic carboxylic acids is 1. The van der Waals surface area contributed by atoms with Gasteiger partial charge < -0.3 is 44.0 Å². The summed E-state index contributed by atoms with van der Waals surface area (Å²) in [4.78, 5) is 65.7. The maximum atomic E-state index is 13.1. The Morgan fingerprint density at radius 3 is 2.03 bits per heavy atom. The molecular weight excluding hydrogens is 508 g/mol. The van der Waals surface area contributed by atoms with Gasteiger partial charge >= 0.3 is 5.97 Å². The van der Waals surface area contributed by atoms with E-state index >= 15 is 0 Å². The van der Waals surface area contributed by atoms with Gasteiger partial charge in [0.1, 0.15) is 18.1 Å². The van der Waals surface area contributed by atoms with Crippen molar-refractivity contribution in [1.82, 2.24) is 16.0 Å². The summed E-state index contributed by atoms with van der Waals surface area (Å²) in [6, 6.07) is 4.20. The molecule has 39 heavy (non-hydrogen) atoms. The maximum absolute atomic E-state index is 13.1. The van der Waals surface area contributed by atoms with Crippen LogP contribution in [-0.2, 0) is 30.4 Å². The van der Waals surface area contributed by atoms with Gasteiger partial charge in [-0.05, 0) is 30.7 Å². The molecule has 0 saturated carbocycles. The number of benzene rings is 1. The number of nitrogens with two attached hydrogens (primary N) is 4. The van der Waals surface area contributed by atoms with E-state index in [1.807, 2.05) is 0 Å². The summed E-state index contributed by atoms with van der Waals surface area (Å²) in [6.07, 6.45) is 0.329. The summed E-state index contributed by atoms with van der Waals surface area (Å²) < 4.78 is 0. The van der Waals surface area contributed by atoms with Gasteiger partial charge in [0.05, 0.1) is 6.04 Å². The first kappa shape index (κ1) is 32.8. The maximum Gasteiger partial charge on any atom is 0.326 e. The summed E-state index contributed by atoms with van der Waals surface area (Å²) in [7, 11) is 0. The molecule has 0 aliphatic carbocycles. The van der Waals surface area contributed by atoms with Crippen LogP contribution >= 0.6 is 0 Å². The van der Waals surface area contributed by atoms with E-state index in [0.717, 1.165) is 0 Å². The molecule has 0 bridgehead atoms. The fourth-order valence-electron chi connectivity index (χ4n) is 3.58. The lowest BCUT2D eigenvalue weighted by Gasteiger charge is -2.27. The molecule has 0 fully saturated rings. The molecule has 4 amide bonds. The number of nitrogens with zero attached hydrogens (tertiary/aromatic N) is 1. The van der Waals surface area contributed by atoms with E-state index in [-0.39, 0.29) is 38.2 Å². The van der Waals surface area contributed by atoms with E-state index in [0.29, 0.717) is 12.0 Å². The second kappa shape index (κ2) is 16.6. The molecule has 0 saturated heterocycles. The molecule has 1 aromatic rings. The molecule has 0 heterocycles. The first-order valence-corrected chi connectivity index (χ1v) is 12.6. The van der Waals surface area contributed by atoms with E-state index < -0.39 is 59.7 Å². The van der Waals surface area contributed by atoms with Crippen LogP contribution in [0.3, 0.4) is 0 Å². The summed E-state index contributed by atoms with van der Waals surface area (Å²) in [5.41, 5.74) is 22.4. The monoisotopic (exact) mass is 548 g/mol. The first-order valence-electron chi connectivity index (χ1n) is 12.6. The second-order valence-corrected chi connectivity index (χ2v) is 9.44. The van der Waals surface area contributed by atoms with Crippen LogP contribution in [0, 0.1) is 5.92 Å². The third-order valence-corrected chi connectivity index (χ3v) is 5.76. The van der Waals surface area contributed by atoms with Crippen molar-refractivity contribution in [2.24, 2.45) is 33.8 Å². The Labute approximate surface area is 227 Å². The summed E-state index contributed by atoms with van der Waals surface area (Å²) in [6.45, 7) is 3.60. The summed E-state index contributed by atoms with van der Waals surface area (Å²) in [5.74, 6) is -4.56. The minimum absolute atomic E-state index is 0.0407. The molecule has 14 heteroatoms. The van der Waals surface area contributed by atoms with Gasteiger partial charge in [-0.2, -0.15) is 0 Å². The van der Waals surface area contributed by atoms with Gasteiger partial charge in [0.15, 0.2) is 5.96 Å². The summed E-state index contributed by atoms with van der Waals surface area (Å²) >= 11 is 0. The van der Waals surface area contributed by atoms with Crippen LogP contribution in [0.15, 0.2) is 35.3 Å². The Balaban J connectivity index is 2.93. The average molecular weight is 549 g/mol. The normalized spacial score (nSPS) is 13.8. The predicted molar refractivity (Wildman–Crippen MR) is 145 cm³/mol.